The molecule has 0 aliphatic rings. The molecule has 0 fully saturated rings. The number of rotatable bonds is 5. The van der Waals surface area contributed by atoms with Crippen molar-refractivity contribution in [2.45, 2.75) is 13.8 Å². The van der Waals surface area contributed by atoms with Gasteiger partial charge in [-0.25, -0.2) is 0 Å². The van der Waals surface area contributed by atoms with Gasteiger partial charge < -0.3 is 10.6 Å². The summed E-state index contributed by atoms with van der Waals surface area (Å²) in [6.45, 7) is 3.93. The highest BCUT2D eigenvalue weighted by molar-refractivity contribution is 9.10. The molecule has 3 rings (SSSR count). The van der Waals surface area contributed by atoms with E-state index < -0.39 is 5.91 Å². The van der Waals surface area contributed by atoms with Crippen LogP contribution >= 0.6 is 15.9 Å². The molecule has 0 aliphatic carbocycles. The summed E-state index contributed by atoms with van der Waals surface area (Å²) in [5.74, 6) is -0.732. The first-order chi connectivity index (χ1) is 13.9. The molecule has 0 bridgehead atoms. The molecule has 0 unspecified atom stereocenters. The van der Waals surface area contributed by atoms with E-state index in [1.165, 1.54) is 0 Å². The van der Waals surface area contributed by atoms with Crippen molar-refractivity contribution in [3.05, 3.63) is 105 Å². The zero-order valence-corrected chi connectivity index (χ0v) is 17.8. The third-order valence-electron chi connectivity index (χ3n) is 4.30. The minimum atomic E-state index is -0.391. The van der Waals surface area contributed by atoms with Crippen LogP contribution in [0.25, 0.3) is 6.08 Å². The summed E-state index contributed by atoms with van der Waals surface area (Å²) < 4.78 is 0.934. The van der Waals surface area contributed by atoms with Gasteiger partial charge in [-0.05, 0) is 61.9 Å². The summed E-state index contributed by atoms with van der Waals surface area (Å²) in [7, 11) is 0. The molecule has 0 saturated heterocycles. The quantitative estimate of drug-likeness (QED) is 0.507. The molecule has 3 aromatic carbocycles. The van der Waals surface area contributed by atoms with Crippen molar-refractivity contribution in [2.75, 3.05) is 5.32 Å². The van der Waals surface area contributed by atoms with Gasteiger partial charge in [-0.3, -0.25) is 9.59 Å². The van der Waals surface area contributed by atoms with Crippen LogP contribution in [0.3, 0.4) is 0 Å². The molecule has 3 aromatic rings. The molecule has 0 aromatic heterocycles. The molecule has 146 valence electrons. The first kappa shape index (κ1) is 20.6. The number of benzene rings is 3. The summed E-state index contributed by atoms with van der Waals surface area (Å²) in [5.41, 5.74) is 4.27. The number of hydrogen-bond donors (Lipinski definition) is 2. The molecule has 5 heteroatoms. The second-order valence-electron chi connectivity index (χ2n) is 6.75. The lowest BCUT2D eigenvalue weighted by molar-refractivity contribution is -0.113. The van der Waals surface area contributed by atoms with Crippen molar-refractivity contribution in [2.24, 2.45) is 0 Å². The summed E-state index contributed by atoms with van der Waals surface area (Å²) in [5, 5.41) is 5.58. The third-order valence-corrected chi connectivity index (χ3v) is 4.83. The van der Waals surface area contributed by atoms with Crippen molar-refractivity contribution in [1.29, 1.82) is 0 Å². The van der Waals surface area contributed by atoms with E-state index >= 15 is 0 Å². The lowest BCUT2D eigenvalue weighted by atomic mass is 10.1. The van der Waals surface area contributed by atoms with Crippen LogP contribution in [0.1, 0.15) is 27.0 Å². The van der Waals surface area contributed by atoms with E-state index in [9.17, 15) is 9.59 Å². The maximum absolute atomic E-state index is 12.9. The second-order valence-corrected chi connectivity index (χ2v) is 7.67. The van der Waals surface area contributed by atoms with E-state index in [4.69, 9.17) is 0 Å². The molecule has 29 heavy (non-hydrogen) atoms. The Bertz CT molecular complexity index is 1040. The fraction of sp³-hybridized carbons (Fsp3) is 0.0833. The Morgan fingerprint density at radius 3 is 1.93 bits per heavy atom. The smallest absolute Gasteiger partial charge is 0.272 e. The highest BCUT2D eigenvalue weighted by atomic mass is 79.9. The summed E-state index contributed by atoms with van der Waals surface area (Å²) >= 11 is 3.40. The Labute approximate surface area is 178 Å². The Kier molecular flexibility index (Phi) is 6.62. The fourth-order valence-corrected chi connectivity index (χ4v) is 2.88. The standard InChI is InChI=1S/C24H21BrN2O2/c1-16-3-9-19(10-4-16)23(28)27-22(15-18-7-11-20(25)12-8-18)24(29)26-21-13-5-17(2)6-14-21/h3-15H,1-2H3,(H,26,29)(H,27,28)/b22-15+. The van der Waals surface area contributed by atoms with Crippen LogP contribution < -0.4 is 10.6 Å². The van der Waals surface area contributed by atoms with Gasteiger partial charge in [0.1, 0.15) is 5.70 Å². The van der Waals surface area contributed by atoms with Gasteiger partial charge in [-0.1, -0.05) is 63.5 Å². The zero-order valence-electron chi connectivity index (χ0n) is 16.2. The number of halogens is 1. The Morgan fingerprint density at radius 1 is 0.793 bits per heavy atom. The van der Waals surface area contributed by atoms with Crippen LogP contribution in [-0.4, -0.2) is 11.8 Å². The largest absolute Gasteiger partial charge is 0.321 e. The molecule has 2 N–H and O–H groups in total. The van der Waals surface area contributed by atoms with Crippen molar-refractivity contribution in [3.63, 3.8) is 0 Å². The van der Waals surface area contributed by atoms with Gasteiger partial charge >= 0.3 is 0 Å². The first-order valence-electron chi connectivity index (χ1n) is 9.14. The molecular formula is C24H21BrN2O2. The number of anilines is 1. The lowest BCUT2D eigenvalue weighted by Gasteiger charge is -2.12. The van der Waals surface area contributed by atoms with Crippen molar-refractivity contribution in [3.8, 4) is 0 Å². The van der Waals surface area contributed by atoms with E-state index in [2.05, 4.69) is 26.6 Å². The molecule has 0 aliphatic heterocycles. The molecule has 0 spiro atoms. The summed E-state index contributed by atoms with van der Waals surface area (Å²) in [6, 6.07) is 22.2. The van der Waals surface area contributed by atoms with Crippen LogP contribution in [0.2, 0.25) is 0 Å². The van der Waals surface area contributed by atoms with E-state index in [0.29, 0.717) is 11.3 Å². The number of amides is 2. The third kappa shape index (κ3) is 5.90. The van der Waals surface area contributed by atoms with Crippen molar-refractivity contribution < 1.29 is 9.59 Å². The second kappa shape index (κ2) is 9.34. The predicted octanol–water partition coefficient (Wildman–Crippen LogP) is 5.48. The first-order valence-corrected chi connectivity index (χ1v) is 9.93. The van der Waals surface area contributed by atoms with Crippen LogP contribution in [0.5, 0.6) is 0 Å². The topological polar surface area (TPSA) is 58.2 Å². The molecule has 0 radical (unpaired) electrons. The van der Waals surface area contributed by atoms with Gasteiger partial charge in [-0.15, -0.1) is 0 Å². The van der Waals surface area contributed by atoms with Crippen molar-refractivity contribution >= 4 is 39.5 Å². The van der Waals surface area contributed by atoms with Gasteiger partial charge in [-0.2, -0.15) is 0 Å². The predicted molar refractivity (Wildman–Crippen MR) is 121 cm³/mol. The average molecular weight is 449 g/mol. The SMILES string of the molecule is Cc1ccc(NC(=O)/C(=C\c2ccc(Br)cc2)NC(=O)c2ccc(C)cc2)cc1. The molecule has 4 nitrogen and oxygen atoms in total. The lowest BCUT2D eigenvalue weighted by Crippen LogP contribution is -2.30. The Balaban J connectivity index is 1.86. The Morgan fingerprint density at radius 2 is 1.34 bits per heavy atom. The van der Waals surface area contributed by atoms with Gasteiger partial charge in [0, 0.05) is 15.7 Å². The van der Waals surface area contributed by atoms with Gasteiger partial charge in [0.25, 0.3) is 11.8 Å². The van der Waals surface area contributed by atoms with E-state index in [1.54, 1.807) is 18.2 Å². The van der Waals surface area contributed by atoms with Gasteiger partial charge in [0.15, 0.2) is 0 Å². The summed E-state index contributed by atoms with van der Waals surface area (Å²) in [6.07, 6.45) is 1.65. The van der Waals surface area contributed by atoms with Crippen LogP contribution in [-0.2, 0) is 4.79 Å². The number of hydrogen-bond acceptors (Lipinski definition) is 2. The van der Waals surface area contributed by atoms with Gasteiger partial charge in [0.2, 0.25) is 0 Å². The molecule has 2 amide bonds. The maximum atomic E-state index is 12.9. The minimum Gasteiger partial charge on any atom is -0.321 e. The Hall–Kier alpha value is -3.18. The highest BCUT2D eigenvalue weighted by Gasteiger charge is 2.15. The number of carbonyl (C=O) groups excluding carboxylic acids is 2. The fourth-order valence-electron chi connectivity index (χ4n) is 2.62. The van der Waals surface area contributed by atoms with E-state index in [-0.39, 0.29) is 11.6 Å². The molecular weight excluding hydrogens is 428 g/mol. The number of nitrogens with one attached hydrogen (secondary N) is 2. The zero-order chi connectivity index (χ0) is 20.8. The normalized spacial score (nSPS) is 11.1. The number of aryl methyl sites for hydroxylation is 2. The van der Waals surface area contributed by atoms with Crippen LogP contribution in [0.4, 0.5) is 5.69 Å². The van der Waals surface area contributed by atoms with Crippen molar-refractivity contribution in [1.82, 2.24) is 5.32 Å². The van der Waals surface area contributed by atoms with E-state index in [1.807, 2.05) is 74.5 Å². The highest BCUT2D eigenvalue weighted by Crippen LogP contribution is 2.15. The van der Waals surface area contributed by atoms with Crippen LogP contribution in [0, 0.1) is 13.8 Å². The minimum absolute atomic E-state index is 0.165. The number of carbonyl (C=O) groups is 2. The monoisotopic (exact) mass is 448 g/mol. The molecule has 0 atom stereocenters. The summed E-state index contributed by atoms with van der Waals surface area (Å²) in [4.78, 5) is 25.6. The van der Waals surface area contributed by atoms with Crippen LogP contribution in [0.15, 0.2) is 83.0 Å². The van der Waals surface area contributed by atoms with E-state index in [0.717, 1.165) is 21.2 Å². The van der Waals surface area contributed by atoms with Gasteiger partial charge in [0.05, 0.1) is 0 Å². The maximum Gasteiger partial charge on any atom is 0.272 e. The molecule has 0 saturated carbocycles. The molecule has 0 heterocycles. The average Bonchev–Trinajstić information content (AvgIpc) is 2.71.